The molecule has 36 heavy (non-hydrogen) atoms. The van der Waals surface area contributed by atoms with Gasteiger partial charge in [-0.15, -0.1) is 0 Å². The lowest BCUT2D eigenvalue weighted by atomic mass is 9.99. The Labute approximate surface area is 210 Å². The van der Waals surface area contributed by atoms with Crippen LogP contribution in [0.3, 0.4) is 0 Å². The highest BCUT2D eigenvalue weighted by atomic mass is 16.7. The molecule has 1 aliphatic heterocycles. The van der Waals surface area contributed by atoms with Crippen LogP contribution in [0.1, 0.15) is 64.7 Å². The van der Waals surface area contributed by atoms with Gasteiger partial charge in [0.25, 0.3) is 5.75 Å². The van der Waals surface area contributed by atoms with E-state index in [2.05, 4.69) is 6.92 Å². The van der Waals surface area contributed by atoms with E-state index in [4.69, 9.17) is 18.6 Å². The van der Waals surface area contributed by atoms with E-state index >= 15 is 0 Å². The maximum absolute atomic E-state index is 12.5. The number of ether oxygens (including phenoxy) is 3. The molecule has 5 atom stereocenters. The SMILES string of the molecule is CCCCCCCCCCCOc1ccc2c(O)c(O[C@@H]3O[C@H](CO)[C@H](O)[C@H](O)[C@H]3O)c(=O)oc2c1. The lowest BCUT2D eigenvalue weighted by Gasteiger charge is -2.39. The summed E-state index contributed by atoms with van der Waals surface area (Å²) in [5, 5.41) is 50.0. The zero-order valence-electron chi connectivity index (χ0n) is 20.7. The molecule has 10 heteroatoms. The zero-order chi connectivity index (χ0) is 26.1. The van der Waals surface area contributed by atoms with Crippen molar-refractivity contribution in [2.75, 3.05) is 13.2 Å². The number of aliphatic hydroxyl groups is 4. The van der Waals surface area contributed by atoms with Crippen LogP contribution in [-0.2, 0) is 4.74 Å². The van der Waals surface area contributed by atoms with Crippen LogP contribution in [0.25, 0.3) is 11.0 Å². The minimum Gasteiger partial charge on any atom is -0.504 e. The predicted octanol–water partition coefficient (Wildman–Crippen LogP) is 2.59. The van der Waals surface area contributed by atoms with Crippen molar-refractivity contribution >= 4 is 11.0 Å². The fourth-order valence-corrected chi connectivity index (χ4v) is 4.23. The first-order valence-corrected chi connectivity index (χ1v) is 12.8. The topological polar surface area (TPSA) is 159 Å². The normalized spacial score (nSPS) is 24.2. The van der Waals surface area contributed by atoms with Gasteiger partial charge >= 0.3 is 5.63 Å². The van der Waals surface area contributed by atoms with Crippen LogP contribution in [0.5, 0.6) is 17.2 Å². The van der Waals surface area contributed by atoms with Gasteiger partial charge in [-0.3, -0.25) is 0 Å². The Hall–Kier alpha value is -2.37. The van der Waals surface area contributed by atoms with E-state index in [-0.39, 0.29) is 11.0 Å². The van der Waals surface area contributed by atoms with Crippen molar-refractivity contribution in [1.82, 2.24) is 0 Å². The molecule has 3 rings (SSSR count). The molecule has 2 aromatic rings. The average Bonchev–Trinajstić information content (AvgIpc) is 2.87. The molecular formula is C26H38O10. The number of hydrogen-bond acceptors (Lipinski definition) is 10. The van der Waals surface area contributed by atoms with Gasteiger partial charge in [0.1, 0.15) is 35.7 Å². The van der Waals surface area contributed by atoms with E-state index < -0.39 is 54.4 Å². The van der Waals surface area contributed by atoms with E-state index in [0.29, 0.717) is 12.4 Å². The fraction of sp³-hybridized carbons (Fsp3) is 0.654. The number of benzene rings is 1. The van der Waals surface area contributed by atoms with E-state index in [9.17, 15) is 30.3 Å². The van der Waals surface area contributed by atoms with E-state index in [1.165, 1.54) is 57.1 Å². The molecule has 1 saturated heterocycles. The molecule has 10 nitrogen and oxygen atoms in total. The molecule has 0 radical (unpaired) electrons. The molecule has 0 bridgehead atoms. The largest absolute Gasteiger partial charge is 0.504 e. The zero-order valence-corrected chi connectivity index (χ0v) is 20.7. The Balaban J connectivity index is 1.56. The highest BCUT2D eigenvalue weighted by molar-refractivity contribution is 5.86. The highest BCUT2D eigenvalue weighted by Gasteiger charge is 2.45. The van der Waals surface area contributed by atoms with E-state index in [0.717, 1.165) is 12.8 Å². The Morgan fingerprint density at radius 2 is 1.58 bits per heavy atom. The van der Waals surface area contributed by atoms with Crippen molar-refractivity contribution in [1.29, 1.82) is 0 Å². The van der Waals surface area contributed by atoms with Crippen LogP contribution in [0.4, 0.5) is 0 Å². The molecule has 1 aromatic heterocycles. The molecule has 5 N–H and O–H groups in total. The Morgan fingerprint density at radius 3 is 2.25 bits per heavy atom. The number of aromatic hydroxyl groups is 1. The van der Waals surface area contributed by atoms with Gasteiger partial charge < -0.3 is 44.2 Å². The number of fused-ring (bicyclic) bond motifs is 1. The Kier molecular flexibility index (Phi) is 10.8. The smallest absolute Gasteiger partial charge is 0.383 e. The molecule has 0 amide bonds. The summed E-state index contributed by atoms with van der Waals surface area (Å²) in [6.45, 7) is 2.08. The third kappa shape index (κ3) is 7.10. The molecule has 0 aliphatic carbocycles. The molecule has 0 saturated carbocycles. The number of hydrogen-bond donors (Lipinski definition) is 5. The predicted molar refractivity (Wildman–Crippen MR) is 131 cm³/mol. The standard InChI is InChI=1S/C26H38O10/c1-2-3-4-5-6-7-8-9-10-13-33-16-11-12-17-18(14-16)34-25(32)24(20(17)28)36-26-23(31)22(30)21(29)19(15-27)35-26/h11-12,14,19,21-23,26-31H,2-10,13,15H2,1H3/t19-,21+,22+,23-,26+/m1/s1. The van der Waals surface area contributed by atoms with Crippen LogP contribution in [0.2, 0.25) is 0 Å². The number of aliphatic hydroxyl groups excluding tert-OH is 4. The number of rotatable bonds is 14. The molecule has 1 aromatic carbocycles. The van der Waals surface area contributed by atoms with Crippen molar-refractivity contribution in [2.45, 2.75) is 95.4 Å². The third-order valence-electron chi connectivity index (χ3n) is 6.41. The molecule has 202 valence electrons. The van der Waals surface area contributed by atoms with Crippen molar-refractivity contribution in [3.05, 3.63) is 28.6 Å². The second-order valence-electron chi connectivity index (χ2n) is 9.22. The third-order valence-corrected chi connectivity index (χ3v) is 6.41. The van der Waals surface area contributed by atoms with Gasteiger partial charge in [-0.2, -0.15) is 0 Å². The first kappa shape index (κ1) is 28.2. The fourth-order valence-electron chi connectivity index (χ4n) is 4.23. The quantitative estimate of drug-likeness (QED) is 0.189. The minimum atomic E-state index is -1.74. The monoisotopic (exact) mass is 510 g/mol. The molecule has 0 spiro atoms. The van der Waals surface area contributed by atoms with Crippen LogP contribution < -0.4 is 15.1 Å². The van der Waals surface area contributed by atoms with Crippen LogP contribution in [0, 0.1) is 0 Å². The van der Waals surface area contributed by atoms with Gasteiger partial charge in [0, 0.05) is 6.07 Å². The number of unbranched alkanes of at least 4 members (excludes halogenated alkanes) is 8. The Morgan fingerprint density at radius 1 is 0.917 bits per heavy atom. The molecule has 0 unspecified atom stereocenters. The first-order chi connectivity index (χ1) is 17.4. The summed E-state index contributed by atoms with van der Waals surface area (Å²) < 4.78 is 21.6. The second kappa shape index (κ2) is 13.8. The molecule has 1 fully saturated rings. The lowest BCUT2D eigenvalue weighted by Crippen LogP contribution is -2.60. The van der Waals surface area contributed by atoms with Gasteiger partial charge in [-0.25, -0.2) is 4.79 Å². The summed E-state index contributed by atoms with van der Waals surface area (Å²) in [7, 11) is 0. The van der Waals surface area contributed by atoms with Crippen LogP contribution in [0.15, 0.2) is 27.4 Å². The molecule has 2 heterocycles. The van der Waals surface area contributed by atoms with E-state index in [1.54, 1.807) is 6.07 Å². The van der Waals surface area contributed by atoms with Crippen molar-refractivity contribution < 1.29 is 44.2 Å². The maximum Gasteiger partial charge on any atom is 0.383 e. The maximum atomic E-state index is 12.5. The van der Waals surface area contributed by atoms with Gasteiger partial charge in [0.15, 0.2) is 5.75 Å². The Bertz CT molecular complexity index is 1000. The van der Waals surface area contributed by atoms with Gasteiger partial charge in [0.05, 0.1) is 18.6 Å². The summed E-state index contributed by atoms with van der Waals surface area (Å²) in [5.41, 5.74) is -0.948. The lowest BCUT2D eigenvalue weighted by molar-refractivity contribution is -0.278. The second-order valence-corrected chi connectivity index (χ2v) is 9.22. The van der Waals surface area contributed by atoms with E-state index in [1.807, 2.05) is 0 Å². The van der Waals surface area contributed by atoms with Gasteiger partial charge in [0.2, 0.25) is 6.29 Å². The van der Waals surface area contributed by atoms with Crippen molar-refractivity contribution in [3.63, 3.8) is 0 Å². The summed E-state index contributed by atoms with van der Waals surface area (Å²) in [5.74, 6) is -0.675. The summed E-state index contributed by atoms with van der Waals surface area (Å²) >= 11 is 0. The molecule has 1 aliphatic rings. The highest BCUT2D eigenvalue weighted by Crippen LogP contribution is 2.35. The molecular weight excluding hydrogens is 472 g/mol. The van der Waals surface area contributed by atoms with Crippen LogP contribution >= 0.6 is 0 Å². The summed E-state index contributed by atoms with van der Waals surface area (Å²) in [6, 6.07) is 4.65. The van der Waals surface area contributed by atoms with Crippen molar-refractivity contribution in [3.8, 4) is 17.2 Å². The first-order valence-electron chi connectivity index (χ1n) is 12.8. The van der Waals surface area contributed by atoms with Gasteiger partial charge in [-0.05, 0) is 18.6 Å². The summed E-state index contributed by atoms with van der Waals surface area (Å²) in [6.07, 6.45) is 2.97. The van der Waals surface area contributed by atoms with Gasteiger partial charge in [-0.1, -0.05) is 58.3 Å². The summed E-state index contributed by atoms with van der Waals surface area (Å²) in [4.78, 5) is 12.5. The average molecular weight is 511 g/mol. The van der Waals surface area contributed by atoms with Crippen molar-refractivity contribution in [2.24, 2.45) is 0 Å². The minimum absolute atomic E-state index is 0.0863. The van der Waals surface area contributed by atoms with Crippen LogP contribution in [-0.4, -0.2) is 69.5 Å².